The maximum atomic E-state index is 13.2. The molecule has 0 bridgehead atoms. The average molecular weight is 446 g/mol. The Balaban J connectivity index is 1.50. The van der Waals surface area contributed by atoms with Crippen LogP contribution in [-0.4, -0.2) is 56.6 Å². The van der Waals surface area contributed by atoms with Crippen LogP contribution >= 0.6 is 11.3 Å². The van der Waals surface area contributed by atoms with Crippen molar-refractivity contribution in [2.75, 3.05) is 20.6 Å². The lowest BCUT2D eigenvalue weighted by molar-refractivity contribution is -0.129. The van der Waals surface area contributed by atoms with E-state index < -0.39 is 0 Å². The molecule has 0 saturated heterocycles. The lowest BCUT2D eigenvalue weighted by Gasteiger charge is -2.33. The van der Waals surface area contributed by atoms with Gasteiger partial charge in [-0.25, -0.2) is 9.48 Å². The summed E-state index contributed by atoms with van der Waals surface area (Å²) in [5.74, 6) is 0.980. The number of aryl methyl sites for hydroxylation is 1. The first-order valence-corrected chi connectivity index (χ1v) is 11.6. The first kappa shape index (κ1) is 21.8. The standard InChI is InChI=1S/C22H31N5O3S/c1-22(2,3)15-6-7-16-14(10-15)11-17(31-16)20(29)25-8-9-26-18(12-25)23-27(21(26)30)13-19(28)24(4)5/h11,15H,6-10,12-13H2,1-5H3/t15-/m0/s1. The lowest BCUT2D eigenvalue weighted by Crippen LogP contribution is -2.41. The molecule has 0 unspecified atom stereocenters. The summed E-state index contributed by atoms with van der Waals surface area (Å²) in [5, 5.41) is 4.33. The molecule has 2 aromatic heterocycles. The first-order chi connectivity index (χ1) is 14.5. The Morgan fingerprint density at radius 2 is 2.00 bits per heavy atom. The summed E-state index contributed by atoms with van der Waals surface area (Å²) in [6.07, 6.45) is 3.25. The van der Waals surface area contributed by atoms with Crippen molar-refractivity contribution in [2.45, 2.75) is 59.7 Å². The van der Waals surface area contributed by atoms with E-state index >= 15 is 0 Å². The number of carbonyl (C=O) groups is 2. The van der Waals surface area contributed by atoms with Crippen LogP contribution in [0.2, 0.25) is 0 Å². The number of rotatable bonds is 3. The van der Waals surface area contributed by atoms with Crippen LogP contribution in [0, 0.1) is 11.3 Å². The van der Waals surface area contributed by atoms with Gasteiger partial charge in [0.05, 0.1) is 11.4 Å². The van der Waals surface area contributed by atoms with Gasteiger partial charge >= 0.3 is 5.69 Å². The summed E-state index contributed by atoms with van der Waals surface area (Å²) in [4.78, 5) is 43.1. The molecule has 31 heavy (non-hydrogen) atoms. The molecule has 0 N–H and O–H groups in total. The minimum atomic E-state index is -0.294. The molecule has 8 nitrogen and oxygen atoms in total. The number of nitrogens with zero attached hydrogens (tertiary/aromatic N) is 5. The van der Waals surface area contributed by atoms with Crippen molar-refractivity contribution in [3.05, 3.63) is 37.7 Å². The van der Waals surface area contributed by atoms with Crippen LogP contribution in [0.1, 0.15) is 53.1 Å². The average Bonchev–Trinajstić information content (AvgIpc) is 3.27. The highest BCUT2D eigenvalue weighted by Crippen LogP contribution is 2.40. The summed E-state index contributed by atoms with van der Waals surface area (Å²) in [7, 11) is 3.29. The Morgan fingerprint density at radius 3 is 2.68 bits per heavy atom. The van der Waals surface area contributed by atoms with Crippen molar-refractivity contribution in [1.29, 1.82) is 0 Å². The molecule has 2 aromatic rings. The van der Waals surface area contributed by atoms with E-state index in [-0.39, 0.29) is 36.0 Å². The van der Waals surface area contributed by atoms with Crippen LogP contribution in [0.15, 0.2) is 10.9 Å². The summed E-state index contributed by atoms with van der Waals surface area (Å²) in [6, 6.07) is 2.08. The Kier molecular flexibility index (Phi) is 5.57. The molecule has 168 valence electrons. The van der Waals surface area contributed by atoms with Gasteiger partial charge in [0.2, 0.25) is 5.91 Å². The largest absolute Gasteiger partial charge is 0.347 e. The number of hydrogen-bond acceptors (Lipinski definition) is 5. The molecule has 0 fully saturated rings. The topological polar surface area (TPSA) is 80.4 Å². The number of fused-ring (bicyclic) bond motifs is 2. The van der Waals surface area contributed by atoms with Crippen LogP contribution in [0.5, 0.6) is 0 Å². The van der Waals surface area contributed by atoms with Gasteiger partial charge in [-0.05, 0) is 42.2 Å². The smallest absolute Gasteiger partial charge is 0.346 e. The third-order valence-corrected chi connectivity index (χ3v) is 7.74. The van der Waals surface area contributed by atoms with Crippen molar-refractivity contribution in [2.24, 2.45) is 11.3 Å². The minimum absolute atomic E-state index is 0.00401. The van der Waals surface area contributed by atoms with Crippen molar-refractivity contribution >= 4 is 23.2 Å². The van der Waals surface area contributed by atoms with Crippen LogP contribution < -0.4 is 5.69 Å². The fourth-order valence-electron chi connectivity index (χ4n) is 4.37. The second-order valence-corrected chi connectivity index (χ2v) is 11.0. The van der Waals surface area contributed by atoms with Gasteiger partial charge in [-0.15, -0.1) is 11.3 Å². The molecule has 1 aliphatic carbocycles. The SMILES string of the molecule is CN(C)C(=O)Cn1nc2n(c1=O)CCN(C(=O)c1cc3c(s1)CC[C@H](C(C)(C)C)C3)C2. The fourth-order valence-corrected chi connectivity index (χ4v) is 5.54. The zero-order valence-corrected chi connectivity index (χ0v) is 19.8. The Labute approximate surface area is 186 Å². The summed E-state index contributed by atoms with van der Waals surface area (Å²) >= 11 is 1.62. The molecule has 2 amide bonds. The highest BCUT2D eigenvalue weighted by atomic mass is 32.1. The molecule has 1 atom stereocenters. The monoisotopic (exact) mass is 445 g/mol. The van der Waals surface area contributed by atoms with Gasteiger partial charge < -0.3 is 9.80 Å². The number of hydrogen-bond donors (Lipinski definition) is 0. The summed E-state index contributed by atoms with van der Waals surface area (Å²) < 4.78 is 2.77. The molecule has 4 rings (SSSR count). The van der Waals surface area contributed by atoms with E-state index in [9.17, 15) is 14.4 Å². The van der Waals surface area contributed by atoms with Gasteiger partial charge in [0.1, 0.15) is 6.54 Å². The second-order valence-electron chi connectivity index (χ2n) is 9.89. The number of carbonyl (C=O) groups excluding carboxylic acids is 2. The molecule has 9 heteroatoms. The van der Waals surface area contributed by atoms with Gasteiger partial charge in [-0.1, -0.05) is 20.8 Å². The minimum Gasteiger partial charge on any atom is -0.347 e. The van der Waals surface area contributed by atoms with E-state index in [1.807, 2.05) is 0 Å². The second kappa shape index (κ2) is 7.93. The molecule has 0 saturated carbocycles. The zero-order valence-electron chi connectivity index (χ0n) is 19.0. The molecule has 0 aromatic carbocycles. The number of amides is 2. The molecule has 0 radical (unpaired) electrons. The van der Waals surface area contributed by atoms with Crippen LogP contribution in [-0.2, 0) is 37.3 Å². The van der Waals surface area contributed by atoms with E-state index in [0.717, 1.165) is 17.7 Å². The van der Waals surface area contributed by atoms with Gasteiger partial charge in [-0.2, -0.15) is 5.10 Å². The van der Waals surface area contributed by atoms with E-state index in [2.05, 4.69) is 31.9 Å². The third kappa shape index (κ3) is 4.20. The van der Waals surface area contributed by atoms with E-state index in [0.29, 0.717) is 24.8 Å². The lowest BCUT2D eigenvalue weighted by atomic mass is 9.72. The number of aromatic nitrogens is 3. The zero-order chi connectivity index (χ0) is 22.5. The molecular formula is C22H31N5O3S. The van der Waals surface area contributed by atoms with Gasteiger partial charge in [0.25, 0.3) is 5.91 Å². The highest BCUT2D eigenvalue weighted by Gasteiger charge is 2.32. The summed E-state index contributed by atoms with van der Waals surface area (Å²) in [6.45, 7) is 7.93. The van der Waals surface area contributed by atoms with Gasteiger partial charge in [0, 0.05) is 32.1 Å². The Bertz CT molecular complexity index is 1070. The quantitative estimate of drug-likeness (QED) is 0.724. The number of likely N-dealkylation sites (N-methyl/N-ethyl adjacent to an activating group) is 1. The molecule has 1 aliphatic heterocycles. The molecular weight excluding hydrogens is 414 g/mol. The maximum absolute atomic E-state index is 13.2. The number of thiophene rings is 1. The van der Waals surface area contributed by atoms with Crippen LogP contribution in [0.4, 0.5) is 0 Å². The van der Waals surface area contributed by atoms with E-state index in [1.165, 1.54) is 26.4 Å². The van der Waals surface area contributed by atoms with Crippen molar-refractivity contribution in [1.82, 2.24) is 24.1 Å². The highest BCUT2D eigenvalue weighted by molar-refractivity contribution is 7.14. The molecule has 2 aliphatic rings. The van der Waals surface area contributed by atoms with Crippen LogP contribution in [0.3, 0.4) is 0 Å². The normalized spacial score (nSPS) is 18.5. The molecule has 0 spiro atoms. The predicted octanol–water partition coefficient (Wildman–Crippen LogP) is 2.00. The van der Waals surface area contributed by atoms with E-state index in [1.54, 1.807) is 34.9 Å². The maximum Gasteiger partial charge on any atom is 0.346 e. The Morgan fingerprint density at radius 1 is 1.26 bits per heavy atom. The van der Waals surface area contributed by atoms with Crippen molar-refractivity contribution < 1.29 is 9.59 Å². The van der Waals surface area contributed by atoms with Crippen molar-refractivity contribution in [3.63, 3.8) is 0 Å². The van der Waals surface area contributed by atoms with Crippen LogP contribution in [0.25, 0.3) is 0 Å². The molecule has 3 heterocycles. The van der Waals surface area contributed by atoms with E-state index in [4.69, 9.17) is 0 Å². The predicted molar refractivity (Wildman–Crippen MR) is 119 cm³/mol. The van der Waals surface area contributed by atoms with Crippen molar-refractivity contribution in [3.8, 4) is 0 Å². The fraction of sp³-hybridized carbons (Fsp3) is 0.636. The first-order valence-electron chi connectivity index (χ1n) is 10.8. The van der Waals surface area contributed by atoms with Gasteiger partial charge in [-0.3, -0.25) is 14.2 Å². The Hall–Kier alpha value is -2.42. The summed E-state index contributed by atoms with van der Waals surface area (Å²) in [5.41, 5.74) is 1.30. The van der Waals surface area contributed by atoms with Gasteiger partial charge in [0.15, 0.2) is 5.82 Å². The third-order valence-electron chi connectivity index (χ3n) is 6.51.